The third-order valence-electron chi connectivity index (χ3n) is 2.62. The van der Waals surface area contributed by atoms with Crippen LogP contribution in [0, 0.1) is 5.92 Å². The quantitative estimate of drug-likeness (QED) is 0.753. The summed E-state index contributed by atoms with van der Waals surface area (Å²) in [4.78, 5) is 0. The zero-order valence-corrected chi connectivity index (χ0v) is 9.51. The molecule has 1 aromatic carbocycles. The van der Waals surface area contributed by atoms with Gasteiger partial charge in [0.05, 0.1) is 0 Å². The van der Waals surface area contributed by atoms with Gasteiger partial charge in [0.2, 0.25) is 0 Å². The van der Waals surface area contributed by atoms with Crippen LogP contribution in [0.1, 0.15) is 32.3 Å². The van der Waals surface area contributed by atoms with Crippen LogP contribution < -0.4 is 4.74 Å². The molecule has 0 saturated heterocycles. The van der Waals surface area contributed by atoms with E-state index in [1.807, 2.05) is 26.8 Å². The van der Waals surface area contributed by atoms with Crippen molar-refractivity contribution in [3.05, 3.63) is 29.8 Å². The fraction of sp³-hybridized carbons (Fsp3) is 0.500. The van der Waals surface area contributed by atoms with Crippen molar-refractivity contribution in [2.45, 2.75) is 33.1 Å². The highest BCUT2D eigenvalue weighted by Gasteiger charge is 2.31. The zero-order valence-electron chi connectivity index (χ0n) is 9.51. The maximum absolute atomic E-state index is 12.0. The van der Waals surface area contributed by atoms with Gasteiger partial charge in [0.1, 0.15) is 5.75 Å². The molecule has 0 amide bonds. The highest BCUT2D eigenvalue weighted by atomic mass is 19.4. The first-order chi connectivity index (χ1) is 7.29. The van der Waals surface area contributed by atoms with E-state index in [2.05, 4.69) is 4.74 Å². The van der Waals surface area contributed by atoms with Crippen LogP contribution >= 0.6 is 0 Å². The molecule has 0 aliphatic heterocycles. The monoisotopic (exact) mass is 232 g/mol. The molecular weight excluding hydrogens is 217 g/mol. The van der Waals surface area contributed by atoms with E-state index < -0.39 is 6.36 Å². The highest BCUT2D eigenvalue weighted by molar-refractivity contribution is 5.30. The van der Waals surface area contributed by atoms with Gasteiger partial charge in [-0.15, -0.1) is 13.2 Å². The van der Waals surface area contributed by atoms with E-state index in [-0.39, 0.29) is 11.7 Å². The van der Waals surface area contributed by atoms with Crippen molar-refractivity contribution in [2.24, 2.45) is 5.92 Å². The lowest BCUT2D eigenvalue weighted by molar-refractivity contribution is -0.274. The second-order valence-corrected chi connectivity index (χ2v) is 4.15. The van der Waals surface area contributed by atoms with Crippen LogP contribution in [0.15, 0.2) is 24.3 Å². The molecule has 0 spiro atoms. The summed E-state index contributed by atoms with van der Waals surface area (Å²) in [6.07, 6.45) is -4.63. The van der Waals surface area contributed by atoms with Gasteiger partial charge in [-0.3, -0.25) is 0 Å². The van der Waals surface area contributed by atoms with Gasteiger partial charge in [-0.05, 0) is 29.5 Å². The summed E-state index contributed by atoms with van der Waals surface area (Å²) < 4.78 is 39.9. The minimum absolute atomic E-state index is 0.155. The van der Waals surface area contributed by atoms with E-state index in [4.69, 9.17) is 0 Å². The Morgan fingerprint density at radius 1 is 1.12 bits per heavy atom. The molecule has 0 aromatic heterocycles. The number of alkyl halides is 3. The number of benzene rings is 1. The van der Waals surface area contributed by atoms with Gasteiger partial charge in [-0.1, -0.05) is 32.9 Å². The lowest BCUT2D eigenvalue weighted by Crippen LogP contribution is -2.17. The minimum atomic E-state index is -4.63. The smallest absolute Gasteiger partial charge is 0.406 e. The first kappa shape index (κ1) is 12.9. The standard InChI is InChI=1S/C12H15F3O/c1-8(2)9(3)10-5-4-6-11(7-10)16-12(13,14)15/h4-9H,1-3H3. The van der Waals surface area contributed by atoms with Crippen molar-refractivity contribution in [1.82, 2.24) is 0 Å². The molecule has 0 fully saturated rings. The number of hydrogen-bond acceptors (Lipinski definition) is 1. The minimum Gasteiger partial charge on any atom is -0.406 e. The Hall–Kier alpha value is -1.19. The molecule has 0 aliphatic carbocycles. The summed E-state index contributed by atoms with van der Waals surface area (Å²) >= 11 is 0. The Labute approximate surface area is 93.2 Å². The first-order valence-corrected chi connectivity index (χ1v) is 5.15. The van der Waals surface area contributed by atoms with Crippen LogP contribution in [0.2, 0.25) is 0 Å². The second-order valence-electron chi connectivity index (χ2n) is 4.15. The van der Waals surface area contributed by atoms with E-state index >= 15 is 0 Å². The van der Waals surface area contributed by atoms with Crippen LogP contribution in [0.3, 0.4) is 0 Å². The summed E-state index contributed by atoms with van der Waals surface area (Å²) in [5.41, 5.74) is 0.858. The Kier molecular flexibility index (Phi) is 3.83. The van der Waals surface area contributed by atoms with Crippen molar-refractivity contribution in [1.29, 1.82) is 0 Å². The topological polar surface area (TPSA) is 9.23 Å². The van der Waals surface area contributed by atoms with E-state index in [9.17, 15) is 13.2 Å². The Balaban J connectivity index is 2.87. The number of ether oxygens (including phenoxy) is 1. The molecule has 0 heterocycles. The number of halogens is 3. The van der Waals surface area contributed by atoms with Crippen molar-refractivity contribution in [2.75, 3.05) is 0 Å². The number of rotatable bonds is 3. The van der Waals surface area contributed by atoms with Gasteiger partial charge >= 0.3 is 6.36 Å². The average molecular weight is 232 g/mol. The molecule has 1 rings (SSSR count). The van der Waals surface area contributed by atoms with Crippen molar-refractivity contribution < 1.29 is 17.9 Å². The predicted octanol–water partition coefficient (Wildman–Crippen LogP) is 4.34. The lowest BCUT2D eigenvalue weighted by Gasteiger charge is -2.17. The summed E-state index contributed by atoms with van der Waals surface area (Å²) in [5.74, 6) is 0.426. The second kappa shape index (κ2) is 4.76. The molecule has 0 N–H and O–H groups in total. The molecule has 16 heavy (non-hydrogen) atoms. The molecule has 1 aromatic rings. The third kappa shape index (κ3) is 3.76. The molecule has 4 heteroatoms. The summed E-state index contributed by atoms with van der Waals surface area (Å²) in [6, 6.07) is 6.14. The van der Waals surface area contributed by atoms with Crippen molar-refractivity contribution in [3.8, 4) is 5.75 Å². The lowest BCUT2D eigenvalue weighted by atomic mass is 9.90. The predicted molar refractivity (Wildman–Crippen MR) is 56.4 cm³/mol. The van der Waals surface area contributed by atoms with Crippen molar-refractivity contribution >= 4 is 0 Å². The van der Waals surface area contributed by atoms with Gasteiger partial charge in [-0.2, -0.15) is 0 Å². The van der Waals surface area contributed by atoms with Crippen LogP contribution in [-0.4, -0.2) is 6.36 Å². The third-order valence-corrected chi connectivity index (χ3v) is 2.62. The van der Waals surface area contributed by atoms with E-state index in [0.717, 1.165) is 5.56 Å². The highest BCUT2D eigenvalue weighted by Crippen LogP contribution is 2.29. The number of hydrogen-bond donors (Lipinski definition) is 0. The van der Waals surface area contributed by atoms with Crippen LogP contribution in [0.5, 0.6) is 5.75 Å². The van der Waals surface area contributed by atoms with E-state index in [1.54, 1.807) is 6.07 Å². The van der Waals surface area contributed by atoms with Crippen LogP contribution in [-0.2, 0) is 0 Å². The zero-order chi connectivity index (χ0) is 12.3. The molecule has 1 atom stereocenters. The molecule has 1 nitrogen and oxygen atoms in total. The largest absolute Gasteiger partial charge is 0.573 e. The Morgan fingerprint density at radius 2 is 1.75 bits per heavy atom. The van der Waals surface area contributed by atoms with Crippen LogP contribution in [0.25, 0.3) is 0 Å². The van der Waals surface area contributed by atoms with Crippen molar-refractivity contribution in [3.63, 3.8) is 0 Å². The molecule has 0 radical (unpaired) electrons. The molecule has 0 saturated carbocycles. The summed E-state index contributed by atoms with van der Waals surface area (Å²) in [7, 11) is 0. The average Bonchev–Trinajstić information content (AvgIpc) is 2.14. The summed E-state index contributed by atoms with van der Waals surface area (Å²) in [6.45, 7) is 6.04. The van der Waals surface area contributed by atoms with E-state index in [1.165, 1.54) is 12.1 Å². The molecule has 0 bridgehead atoms. The molecule has 90 valence electrons. The fourth-order valence-corrected chi connectivity index (χ4v) is 1.38. The van der Waals surface area contributed by atoms with Crippen LogP contribution in [0.4, 0.5) is 13.2 Å². The van der Waals surface area contributed by atoms with Gasteiger partial charge in [0.25, 0.3) is 0 Å². The van der Waals surface area contributed by atoms with Gasteiger partial charge < -0.3 is 4.74 Å². The van der Waals surface area contributed by atoms with Gasteiger partial charge in [0.15, 0.2) is 0 Å². The molecule has 1 unspecified atom stereocenters. The maximum Gasteiger partial charge on any atom is 0.573 e. The normalized spacial score (nSPS) is 13.9. The Morgan fingerprint density at radius 3 is 2.25 bits per heavy atom. The Bertz CT molecular complexity index is 344. The molecule has 0 aliphatic rings. The molecular formula is C12H15F3O. The van der Waals surface area contributed by atoms with Gasteiger partial charge in [0, 0.05) is 0 Å². The van der Waals surface area contributed by atoms with Gasteiger partial charge in [-0.25, -0.2) is 0 Å². The maximum atomic E-state index is 12.0. The summed E-state index contributed by atoms with van der Waals surface area (Å²) in [5, 5.41) is 0. The van der Waals surface area contributed by atoms with E-state index in [0.29, 0.717) is 5.92 Å². The fourth-order valence-electron chi connectivity index (χ4n) is 1.38. The first-order valence-electron chi connectivity index (χ1n) is 5.15. The SMILES string of the molecule is CC(C)C(C)c1cccc(OC(F)(F)F)c1.